The number of allylic oxidation sites excluding steroid dienone is 5. The van der Waals surface area contributed by atoms with Gasteiger partial charge in [-0.3, -0.25) is 9.97 Å². The summed E-state index contributed by atoms with van der Waals surface area (Å²) in [5.41, 5.74) is 9.40. The molecular formula is C43H30N2O. The van der Waals surface area contributed by atoms with Crippen molar-refractivity contribution in [3.63, 3.8) is 0 Å². The minimum Gasteiger partial charge on any atom is -0.455 e. The van der Waals surface area contributed by atoms with Crippen LogP contribution in [0.3, 0.4) is 0 Å². The average Bonchev–Trinajstić information content (AvgIpc) is 3.12. The number of pyridine rings is 2. The summed E-state index contributed by atoms with van der Waals surface area (Å²) in [5, 5.41) is 4.32. The fraction of sp³-hybridized carbons (Fsp3) is 0.0233. The van der Waals surface area contributed by atoms with Crippen molar-refractivity contribution < 1.29 is 4.74 Å². The maximum atomic E-state index is 7.26. The van der Waals surface area contributed by atoms with Crippen LogP contribution in [0.15, 0.2) is 165 Å². The van der Waals surface area contributed by atoms with E-state index in [1.165, 1.54) is 5.56 Å². The lowest BCUT2D eigenvalue weighted by Crippen LogP contribution is -1.97. The smallest absolute Gasteiger partial charge is 0.143 e. The third-order valence-electron chi connectivity index (χ3n) is 8.66. The van der Waals surface area contributed by atoms with E-state index in [4.69, 9.17) is 4.74 Å². The van der Waals surface area contributed by atoms with E-state index in [9.17, 15) is 0 Å². The van der Waals surface area contributed by atoms with Crippen molar-refractivity contribution >= 4 is 32.7 Å². The predicted octanol–water partition coefficient (Wildman–Crippen LogP) is 11.1. The van der Waals surface area contributed by atoms with Gasteiger partial charge in [0.15, 0.2) is 0 Å². The van der Waals surface area contributed by atoms with E-state index in [0.717, 1.165) is 84.0 Å². The van der Waals surface area contributed by atoms with Gasteiger partial charge in [0, 0.05) is 52.3 Å². The lowest BCUT2D eigenvalue weighted by molar-refractivity contribution is 0.494. The summed E-state index contributed by atoms with van der Waals surface area (Å²) in [6.45, 7) is 4.58. The second-order valence-corrected chi connectivity index (χ2v) is 11.5. The van der Waals surface area contributed by atoms with Crippen LogP contribution in [0.25, 0.3) is 54.9 Å². The van der Waals surface area contributed by atoms with Gasteiger partial charge < -0.3 is 4.74 Å². The molecule has 3 heterocycles. The second-order valence-electron chi connectivity index (χ2n) is 11.5. The molecule has 5 aromatic carbocycles. The molecule has 0 bridgehead atoms. The molecule has 46 heavy (non-hydrogen) atoms. The van der Waals surface area contributed by atoms with Gasteiger partial charge in [0.2, 0.25) is 0 Å². The molecular weight excluding hydrogens is 560 g/mol. The van der Waals surface area contributed by atoms with Crippen molar-refractivity contribution in [2.75, 3.05) is 0 Å². The quantitative estimate of drug-likeness (QED) is 0.201. The summed E-state index contributed by atoms with van der Waals surface area (Å²) in [4.78, 5) is 8.81. The van der Waals surface area contributed by atoms with Gasteiger partial charge in [0.05, 0.1) is 0 Å². The molecule has 0 radical (unpaired) electrons. The molecule has 7 aromatic rings. The number of aromatic nitrogens is 2. The van der Waals surface area contributed by atoms with Gasteiger partial charge in [-0.15, -0.1) is 0 Å². The van der Waals surface area contributed by atoms with Crippen molar-refractivity contribution in [2.45, 2.75) is 6.42 Å². The number of benzene rings is 5. The Balaban J connectivity index is 1.44. The molecule has 3 heteroatoms. The molecule has 3 nitrogen and oxygen atoms in total. The maximum absolute atomic E-state index is 7.26. The highest BCUT2D eigenvalue weighted by Gasteiger charge is 2.20. The molecule has 8 rings (SSSR count). The Morgan fingerprint density at radius 1 is 0.565 bits per heavy atom. The van der Waals surface area contributed by atoms with Crippen LogP contribution < -0.4 is 4.74 Å². The molecule has 2 aromatic heterocycles. The predicted molar refractivity (Wildman–Crippen MR) is 191 cm³/mol. The van der Waals surface area contributed by atoms with Crippen LogP contribution in [-0.2, 0) is 6.42 Å². The van der Waals surface area contributed by atoms with Crippen molar-refractivity contribution in [1.82, 2.24) is 9.97 Å². The fourth-order valence-electron chi connectivity index (χ4n) is 6.33. The van der Waals surface area contributed by atoms with Gasteiger partial charge in [-0.25, -0.2) is 0 Å². The molecule has 1 aliphatic rings. The molecule has 0 atom stereocenters. The van der Waals surface area contributed by atoms with Crippen LogP contribution in [0.4, 0.5) is 0 Å². The highest BCUT2D eigenvalue weighted by Crippen LogP contribution is 2.46. The van der Waals surface area contributed by atoms with Gasteiger partial charge in [-0.05, 0) is 80.9 Å². The van der Waals surface area contributed by atoms with Gasteiger partial charge in [-0.1, -0.05) is 110 Å². The number of fused-ring (bicyclic) bond motifs is 8. The van der Waals surface area contributed by atoms with E-state index >= 15 is 0 Å². The van der Waals surface area contributed by atoms with Crippen LogP contribution in [0.2, 0.25) is 0 Å². The summed E-state index contributed by atoms with van der Waals surface area (Å²) in [5.74, 6) is 1.61. The zero-order valence-electron chi connectivity index (χ0n) is 25.2. The number of hydrogen-bond donors (Lipinski definition) is 0. The first-order valence-corrected chi connectivity index (χ1v) is 15.5. The molecule has 0 amide bonds. The topological polar surface area (TPSA) is 35.0 Å². The molecule has 0 aliphatic carbocycles. The minimum absolute atomic E-state index is 0.731. The Hall–Kier alpha value is -6.06. The van der Waals surface area contributed by atoms with Crippen LogP contribution >= 0.6 is 0 Å². The monoisotopic (exact) mass is 590 g/mol. The van der Waals surface area contributed by atoms with Crippen LogP contribution in [0.5, 0.6) is 11.5 Å². The first-order chi connectivity index (χ1) is 22.7. The molecule has 0 fully saturated rings. The highest BCUT2D eigenvalue weighted by molar-refractivity contribution is 6.00. The Labute approximate surface area is 268 Å². The van der Waals surface area contributed by atoms with E-state index in [2.05, 4.69) is 138 Å². The van der Waals surface area contributed by atoms with Gasteiger partial charge >= 0.3 is 0 Å². The standard InChI is InChI=1S/C43H30N2O/c1-29-25-33(35-13-7-23-44-27-35)12-6-11-32-17-18-34(36-14-8-24-45-28-36)26-41(32)40-22-20-31-10-3-5-16-39(31)43(40)46-42-37(29)21-19-30-9-2-4-15-38(30)42/h2-10,12-28H,1,11H2/b12-6-,33-25+. The summed E-state index contributed by atoms with van der Waals surface area (Å²) in [6, 6.07) is 40.3. The van der Waals surface area contributed by atoms with E-state index in [1.54, 1.807) is 6.20 Å². The third kappa shape index (κ3) is 5.08. The Kier molecular flexibility index (Phi) is 7.05. The summed E-state index contributed by atoms with van der Waals surface area (Å²) in [7, 11) is 0. The van der Waals surface area contributed by atoms with Crippen LogP contribution in [0, 0.1) is 0 Å². The van der Waals surface area contributed by atoms with Gasteiger partial charge in [-0.2, -0.15) is 0 Å². The Bertz CT molecular complexity index is 2320. The SMILES string of the molecule is C=C1/C=C(c2cccnc2)\C=C/Cc2ccc(-c3cccnc3)cc2-c2ccc3ccccc3c2Oc2c1ccc1ccccc21. The average molecular weight is 591 g/mol. The van der Waals surface area contributed by atoms with Crippen LogP contribution in [-0.4, -0.2) is 9.97 Å². The van der Waals surface area contributed by atoms with E-state index in [1.807, 2.05) is 30.7 Å². The van der Waals surface area contributed by atoms with Crippen molar-refractivity contribution in [2.24, 2.45) is 0 Å². The van der Waals surface area contributed by atoms with Crippen LogP contribution in [0.1, 0.15) is 16.7 Å². The van der Waals surface area contributed by atoms with E-state index < -0.39 is 0 Å². The third-order valence-corrected chi connectivity index (χ3v) is 8.66. The van der Waals surface area contributed by atoms with E-state index in [0.29, 0.717) is 0 Å². The highest BCUT2D eigenvalue weighted by atomic mass is 16.5. The number of ether oxygens (including phenoxy) is 1. The minimum atomic E-state index is 0.731. The molecule has 218 valence electrons. The lowest BCUT2D eigenvalue weighted by Gasteiger charge is -2.20. The Morgan fingerprint density at radius 2 is 1.22 bits per heavy atom. The largest absolute Gasteiger partial charge is 0.455 e. The zero-order valence-corrected chi connectivity index (χ0v) is 25.2. The fourth-order valence-corrected chi connectivity index (χ4v) is 6.33. The number of hydrogen-bond acceptors (Lipinski definition) is 3. The number of rotatable bonds is 2. The number of nitrogens with zero attached hydrogens (tertiary/aromatic N) is 2. The van der Waals surface area contributed by atoms with Crippen molar-refractivity contribution in [3.8, 4) is 33.8 Å². The molecule has 1 aliphatic heterocycles. The normalized spacial score (nSPS) is 14.8. The summed E-state index contributed by atoms with van der Waals surface area (Å²) >= 11 is 0. The van der Waals surface area contributed by atoms with Crippen molar-refractivity contribution in [1.29, 1.82) is 0 Å². The molecule has 0 spiro atoms. The second kappa shape index (κ2) is 11.8. The molecule has 0 unspecified atom stereocenters. The van der Waals surface area contributed by atoms with E-state index in [-0.39, 0.29) is 0 Å². The molecule has 0 saturated carbocycles. The molecule has 0 saturated heterocycles. The lowest BCUT2D eigenvalue weighted by atomic mass is 9.91. The van der Waals surface area contributed by atoms with Gasteiger partial charge in [0.1, 0.15) is 11.5 Å². The summed E-state index contributed by atoms with van der Waals surface area (Å²) in [6.07, 6.45) is 14.7. The summed E-state index contributed by atoms with van der Waals surface area (Å²) < 4.78 is 7.26. The van der Waals surface area contributed by atoms with Gasteiger partial charge in [0.25, 0.3) is 0 Å². The first kappa shape index (κ1) is 27.5. The molecule has 0 N–H and O–H groups in total. The Morgan fingerprint density at radius 3 is 1.91 bits per heavy atom. The zero-order chi connectivity index (χ0) is 30.9. The maximum Gasteiger partial charge on any atom is 0.143 e. The van der Waals surface area contributed by atoms with Crippen molar-refractivity contribution in [3.05, 3.63) is 182 Å². The first-order valence-electron chi connectivity index (χ1n) is 15.5.